The highest BCUT2D eigenvalue weighted by molar-refractivity contribution is 6.31. The highest BCUT2D eigenvalue weighted by Gasteiger charge is 2.12. The van der Waals surface area contributed by atoms with Crippen LogP contribution in [0.15, 0.2) is 18.2 Å². The molecule has 0 atom stereocenters. The molecule has 0 amide bonds. The van der Waals surface area contributed by atoms with Gasteiger partial charge in [0.15, 0.2) is 0 Å². The molecule has 1 aromatic heterocycles. The topological polar surface area (TPSA) is 53.1 Å². The molecule has 2 N–H and O–H groups in total. The number of aromatic nitrogens is 2. The van der Waals surface area contributed by atoms with Crippen molar-refractivity contribution < 1.29 is 4.74 Å². The van der Waals surface area contributed by atoms with E-state index in [1.54, 1.807) is 4.68 Å². The summed E-state index contributed by atoms with van der Waals surface area (Å²) in [5.41, 5.74) is 9.68. The van der Waals surface area contributed by atoms with E-state index in [1.165, 1.54) is 5.56 Å². The molecule has 5 heteroatoms. The Balaban J connectivity index is 2.18. The number of hydrogen-bond acceptors (Lipinski definition) is 3. The number of nitrogens with zero attached hydrogens (tertiary/aromatic N) is 2. The van der Waals surface area contributed by atoms with Crippen LogP contribution in [-0.4, -0.2) is 16.3 Å². The molecule has 2 rings (SSSR count). The second kappa shape index (κ2) is 6.29. The smallest absolute Gasteiger partial charge is 0.131 e. The lowest BCUT2D eigenvalue weighted by Crippen LogP contribution is -2.07. The molecule has 0 aliphatic carbocycles. The molecule has 0 aliphatic heterocycles. The van der Waals surface area contributed by atoms with Gasteiger partial charge in [-0.15, -0.1) is 0 Å². The number of ether oxygens (including phenoxy) is 1. The Morgan fingerprint density at radius 3 is 2.70 bits per heavy atom. The van der Waals surface area contributed by atoms with Crippen LogP contribution in [0.25, 0.3) is 0 Å². The minimum Gasteiger partial charge on any atom is -0.487 e. The summed E-state index contributed by atoms with van der Waals surface area (Å²) in [5.74, 6) is 0.857. The zero-order valence-corrected chi connectivity index (χ0v) is 12.9. The first-order valence-electron chi connectivity index (χ1n) is 6.63. The van der Waals surface area contributed by atoms with E-state index in [-0.39, 0.29) is 0 Å². The van der Waals surface area contributed by atoms with Gasteiger partial charge in [-0.1, -0.05) is 29.3 Å². The van der Waals surface area contributed by atoms with Gasteiger partial charge in [0.1, 0.15) is 12.4 Å². The Kier molecular flexibility index (Phi) is 4.68. The van der Waals surface area contributed by atoms with Gasteiger partial charge in [0, 0.05) is 7.05 Å². The maximum absolute atomic E-state index is 6.22. The Morgan fingerprint density at radius 2 is 2.10 bits per heavy atom. The zero-order valence-electron chi connectivity index (χ0n) is 12.1. The first kappa shape index (κ1) is 14.9. The average molecular weight is 294 g/mol. The van der Waals surface area contributed by atoms with Crippen LogP contribution in [0.1, 0.15) is 22.5 Å². The summed E-state index contributed by atoms with van der Waals surface area (Å²) in [7, 11) is 1.87. The number of nitrogens with two attached hydrogens (primary N) is 1. The lowest BCUT2D eigenvalue weighted by Gasteiger charge is -2.12. The number of aryl methyl sites for hydroxylation is 3. The number of rotatable bonds is 5. The Labute approximate surface area is 124 Å². The minimum absolute atomic E-state index is 0.400. The molecule has 0 unspecified atom stereocenters. The molecule has 0 aliphatic rings. The van der Waals surface area contributed by atoms with Crippen molar-refractivity contribution in [2.24, 2.45) is 12.8 Å². The molecule has 1 aromatic carbocycles. The first-order valence-corrected chi connectivity index (χ1v) is 7.01. The third-order valence-electron chi connectivity index (χ3n) is 3.26. The normalized spacial score (nSPS) is 10.8. The highest BCUT2D eigenvalue weighted by Crippen LogP contribution is 2.24. The van der Waals surface area contributed by atoms with Crippen LogP contribution in [0.5, 0.6) is 5.75 Å². The molecule has 0 saturated carbocycles. The fourth-order valence-corrected chi connectivity index (χ4v) is 2.40. The van der Waals surface area contributed by atoms with Gasteiger partial charge >= 0.3 is 0 Å². The van der Waals surface area contributed by atoms with Crippen molar-refractivity contribution in [3.8, 4) is 5.75 Å². The Hall–Kier alpha value is -1.52. The summed E-state index contributed by atoms with van der Waals surface area (Å²) >= 11 is 6.22. The van der Waals surface area contributed by atoms with E-state index in [1.807, 2.05) is 26.1 Å². The summed E-state index contributed by atoms with van der Waals surface area (Å²) in [4.78, 5) is 0. The molecule has 2 aromatic rings. The summed E-state index contributed by atoms with van der Waals surface area (Å²) in [5, 5.41) is 4.95. The number of hydrogen-bond donors (Lipinski definition) is 1. The Morgan fingerprint density at radius 1 is 1.35 bits per heavy atom. The average Bonchev–Trinajstić information content (AvgIpc) is 2.64. The van der Waals surface area contributed by atoms with Crippen molar-refractivity contribution in [3.63, 3.8) is 0 Å². The summed E-state index contributed by atoms with van der Waals surface area (Å²) < 4.78 is 7.66. The molecule has 0 saturated heterocycles. The molecular weight excluding hydrogens is 274 g/mol. The van der Waals surface area contributed by atoms with Crippen LogP contribution in [0.2, 0.25) is 5.02 Å². The summed E-state index contributed by atoms with van der Waals surface area (Å²) in [6.45, 7) is 4.95. The maximum atomic E-state index is 6.22. The fourth-order valence-electron chi connectivity index (χ4n) is 2.18. The van der Waals surface area contributed by atoms with E-state index in [2.05, 4.69) is 18.1 Å². The lowest BCUT2D eigenvalue weighted by atomic mass is 10.1. The van der Waals surface area contributed by atoms with Gasteiger partial charge in [-0.05, 0) is 38.4 Å². The quantitative estimate of drug-likeness (QED) is 0.922. The largest absolute Gasteiger partial charge is 0.487 e. The van der Waals surface area contributed by atoms with E-state index in [0.717, 1.165) is 29.1 Å². The predicted octanol–water partition coefficient (Wildman–Crippen LogP) is 2.77. The van der Waals surface area contributed by atoms with Gasteiger partial charge in [-0.2, -0.15) is 5.10 Å². The molecular formula is C15H20ClN3O. The lowest BCUT2D eigenvalue weighted by molar-refractivity contribution is 0.292. The monoisotopic (exact) mass is 293 g/mol. The predicted molar refractivity (Wildman–Crippen MR) is 81.2 cm³/mol. The van der Waals surface area contributed by atoms with E-state index < -0.39 is 0 Å². The number of benzene rings is 1. The molecule has 0 spiro atoms. The second-order valence-electron chi connectivity index (χ2n) is 4.91. The van der Waals surface area contributed by atoms with E-state index in [9.17, 15) is 0 Å². The zero-order chi connectivity index (χ0) is 14.7. The van der Waals surface area contributed by atoms with Crippen LogP contribution in [-0.2, 0) is 20.1 Å². The van der Waals surface area contributed by atoms with Crippen molar-refractivity contribution in [2.45, 2.75) is 26.9 Å². The van der Waals surface area contributed by atoms with Crippen molar-refractivity contribution in [1.29, 1.82) is 0 Å². The van der Waals surface area contributed by atoms with Gasteiger partial charge in [-0.25, -0.2) is 0 Å². The molecule has 4 nitrogen and oxygen atoms in total. The molecule has 20 heavy (non-hydrogen) atoms. The van der Waals surface area contributed by atoms with Gasteiger partial charge in [0.25, 0.3) is 0 Å². The Bertz CT molecular complexity index is 607. The molecule has 0 bridgehead atoms. The highest BCUT2D eigenvalue weighted by atomic mass is 35.5. The van der Waals surface area contributed by atoms with Crippen molar-refractivity contribution in [2.75, 3.05) is 6.54 Å². The van der Waals surface area contributed by atoms with Crippen LogP contribution in [0.3, 0.4) is 0 Å². The number of halogens is 1. The van der Waals surface area contributed by atoms with Gasteiger partial charge in [0.2, 0.25) is 0 Å². The van der Waals surface area contributed by atoms with Crippen LogP contribution < -0.4 is 10.5 Å². The standard InChI is InChI=1S/C15H20ClN3O/c1-10-4-5-14(12(8-10)6-7-17)20-9-13-15(16)11(2)18-19(13)3/h4-5,8H,6-7,9,17H2,1-3H3. The maximum Gasteiger partial charge on any atom is 0.131 e. The van der Waals surface area contributed by atoms with Gasteiger partial charge < -0.3 is 10.5 Å². The van der Waals surface area contributed by atoms with Crippen molar-refractivity contribution >= 4 is 11.6 Å². The van der Waals surface area contributed by atoms with Crippen LogP contribution in [0.4, 0.5) is 0 Å². The molecule has 0 fully saturated rings. The van der Waals surface area contributed by atoms with Crippen molar-refractivity contribution in [3.05, 3.63) is 45.7 Å². The molecule has 1 heterocycles. The summed E-state index contributed by atoms with van der Waals surface area (Å²) in [6.07, 6.45) is 0.801. The first-order chi connectivity index (χ1) is 9.52. The van der Waals surface area contributed by atoms with Crippen LogP contribution in [0, 0.1) is 13.8 Å². The molecule has 0 radical (unpaired) electrons. The van der Waals surface area contributed by atoms with Gasteiger partial charge in [-0.3, -0.25) is 4.68 Å². The van der Waals surface area contributed by atoms with E-state index in [0.29, 0.717) is 18.2 Å². The minimum atomic E-state index is 0.400. The SMILES string of the molecule is Cc1ccc(OCc2c(Cl)c(C)nn2C)c(CCN)c1. The van der Waals surface area contributed by atoms with E-state index >= 15 is 0 Å². The second-order valence-corrected chi connectivity index (χ2v) is 5.29. The van der Waals surface area contributed by atoms with E-state index in [4.69, 9.17) is 22.1 Å². The molecule has 108 valence electrons. The van der Waals surface area contributed by atoms with Crippen LogP contribution >= 0.6 is 11.6 Å². The van der Waals surface area contributed by atoms with Gasteiger partial charge in [0.05, 0.1) is 16.4 Å². The summed E-state index contributed by atoms with van der Waals surface area (Å²) in [6, 6.07) is 6.13. The fraction of sp³-hybridized carbons (Fsp3) is 0.400. The third kappa shape index (κ3) is 3.14. The van der Waals surface area contributed by atoms with Crippen molar-refractivity contribution in [1.82, 2.24) is 9.78 Å². The third-order valence-corrected chi connectivity index (χ3v) is 3.75.